The molecule has 0 unspecified atom stereocenters. The van der Waals surface area contributed by atoms with Gasteiger partial charge in [0.1, 0.15) is 0 Å². The molecule has 1 aliphatic heterocycles. The number of imide groups is 1. The molecule has 0 spiro atoms. The number of hydrogen-bond donors (Lipinski definition) is 2. The van der Waals surface area contributed by atoms with Gasteiger partial charge in [-0.25, -0.2) is 0 Å². The van der Waals surface area contributed by atoms with Gasteiger partial charge in [0.15, 0.2) is 0 Å². The Bertz CT molecular complexity index is 1140. The molecule has 7 nitrogen and oxygen atoms in total. The molecule has 2 N–H and O–H groups in total. The molecule has 4 rings (SSSR count). The topological polar surface area (TPSA) is 83.4 Å². The first kappa shape index (κ1) is 19.8. The van der Waals surface area contributed by atoms with E-state index in [1.165, 1.54) is 12.1 Å². The lowest BCUT2D eigenvalue weighted by molar-refractivity contribution is 0.0879. The van der Waals surface area contributed by atoms with E-state index in [0.717, 1.165) is 37.1 Å². The number of anilines is 1. The van der Waals surface area contributed by atoms with Crippen LogP contribution in [0.1, 0.15) is 44.9 Å². The van der Waals surface area contributed by atoms with Crippen molar-refractivity contribution in [3.63, 3.8) is 0 Å². The Morgan fingerprint density at radius 2 is 1.77 bits per heavy atom. The maximum atomic E-state index is 12.6. The van der Waals surface area contributed by atoms with Crippen molar-refractivity contribution in [1.29, 1.82) is 0 Å². The Hall–Kier alpha value is -3.45. The van der Waals surface area contributed by atoms with E-state index in [-0.39, 0.29) is 11.5 Å². The summed E-state index contributed by atoms with van der Waals surface area (Å²) < 4.78 is 2.22. The first-order valence-corrected chi connectivity index (χ1v) is 10.1. The van der Waals surface area contributed by atoms with Gasteiger partial charge in [-0.1, -0.05) is 13.8 Å². The largest absolute Gasteiger partial charge is 0.346 e. The van der Waals surface area contributed by atoms with Crippen molar-refractivity contribution in [1.82, 2.24) is 14.8 Å². The molecule has 1 aromatic heterocycles. The number of rotatable bonds is 7. The van der Waals surface area contributed by atoms with Crippen LogP contribution in [0.5, 0.6) is 0 Å². The summed E-state index contributed by atoms with van der Waals surface area (Å²) in [7, 11) is 0. The molecule has 30 heavy (non-hydrogen) atoms. The third kappa shape index (κ3) is 3.71. The van der Waals surface area contributed by atoms with Crippen LogP contribution in [0.4, 0.5) is 5.69 Å². The van der Waals surface area contributed by atoms with Gasteiger partial charge >= 0.3 is 0 Å². The van der Waals surface area contributed by atoms with Crippen LogP contribution in [0.15, 0.2) is 48.7 Å². The van der Waals surface area contributed by atoms with E-state index in [9.17, 15) is 14.4 Å². The fourth-order valence-electron chi connectivity index (χ4n) is 3.77. The zero-order chi connectivity index (χ0) is 21.3. The van der Waals surface area contributed by atoms with E-state index in [1.807, 2.05) is 24.3 Å². The lowest BCUT2D eigenvalue weighted by Gasteiger charge is -2.18. The van der Waals surface area contributed by atoms with Gasteiger partial charge in [-0.15, -0.1) is 0 Å². The van der Waals surface area contributed by atoms with Gasteiger partial charge in [0.2, 0.25) is 0 Å². The first-order chi connectivity index (χ1) is 14.5. The molecule has 3 amide bonds. The van der Waals surface area contributed by atoms with Gasteiger partial charge in [0.25, 0.3) is 17.7 Å². The number of carbonyl (C=O) groups is 3. The average molecular weight is 404 g/mol. The minimum absolute atomic E-state index is 0.230. The van der Waals surface area contributed by atoms with Crippen molar-refractivity contribution in [3.8, 4) is 0 Å². The van der Waals surface area contributed by atoms with Crippen LogP contribution < -0.4 is 10.6 Å². The number of amides is 3. The minimum Gasteiger partial charge on any atom is -0.346 e. The molecule has 2 aromatic carbocycles. The summed E-state index contributed by atoms with van der Waals surface area (Å²) in [4.78, 5) is 38.5. The number of hydrogen-bond acceptors (Lipinski definition) is 4. The summed E-state index contributed by atoms with van der Waals surface area (Å²) in [5, 5.41) is 6.15. The van der Waals surface area contributed by atoms with Gasteiger partial charge in [0.05, 0.1) is 11.1 Å². The lowest BCUT2D eigenvalue weighted by atomic mass is 10.1. The molecule has 0 radical (unpaired) electrons. The number of carbonyl (C=O) groups excluding carboxylic acids is 3. The van der Waals surface area contributed by atoms with Crippen molar-refractivity contribution in [2.45, 2.75) is 20.4 Å². The third-order valence-corrected chi connectivity index (χ3v) is 5.58. The van der Waals surface area contributed by atoms with Crippen LogP contribution in [0.3, 0.4) is 0 Å². The van der Waals surface area contributed by atoms with Crippen molar-refractivity contribution in [2.24, 2.45) is 0 Å². The summed E-state index contributed by atoms with van der Waals surface area (Å²) in [6.07, 6.45) is 2.07. The molecule has 1 aliphatic rings. The van der Waals surface area contributed by atoms with E-state index in [4.69, 9.17) is 0 Å². The van der Waals surface area contributed by atoms with E-state index in [2.05, 4.69) is 40.1 Å². The highest BCUT2D eigenvalue weighted by molar-refractivity contribution is 6.22. The summed E-state index contributed by atoms with van der Waals surface area (Å²) in [5.41, 5.74) is 2.65. The number of likely N-dealkylation sites (N-methyl/N-ethyl adjacent to an activating group) is 1. The summed E-state index contributed by atoms with van der Waals surface area (Å²) in [6.45, 7) is 8.29. The molecule has 2 heterocycles. The fourth-order valence-corrected chi connectivity index (χ4v) is 3.77. The highest BCUT2D eigenvalue weighted by Crippen LogP contribution is 2.22. The van der Waals surface area contributed by atoms with Crippen LogP contribution >= 0.6 is 0 Å². The zero-order valence-electron chi connectivity index (χ0n) is 17.1. The third-order valence-electron chi connectivity index (χ3n) is 5.58. The zero-order valence-corrected chi connectivity index (χ0v) is 17.1. The Kier molecular flexibility index (Phi) is 5.37. The highest BCUT2D eigenvalue weighted by Gasteiger charge is 2.27. The molecule has 0 atom stereocenters. The summed E-state index contributed by atoms with van der Waals surface area (Å²) >= 11 is 0. The molecule has 154 valence electrons. The minimum atomic E-state index is -0.475. The lowest BCUT2D eigenvalue weighted by Crippen LogP contribution is -2.26. The summed E-state index contributed by atoms with van der Waals surface area (Å²) in [5.74, 6) is -1.24. The van der Waals surface area contributed by atoms with Crippen LogP contribution in [0.2, 0.25) is 0 Å². The molecule has 0 saturated heterocycles. The quantitative estimate of drug-likeness (QED) is 0.593. The van der Waals surface area contributed by atoms with Crippen LogP contribution in [-0.2, 0) is 6.54 Å². The Morgan fingerprint density at radius 1 is 1.00 bits per heavy atom. The standard InChI is InChI=1S/C23H24N4O3/c1-3-26(4-2)11-12-27-10-9-15-13-17(6-8-20(15)27)24-21(28)16-5-7-18-19(14-16)23(30)25-22(18)29/h5-10,13-14H,3-4,11-12H2,1-2H3,(H,24,28)(H,25,29,30). The molecular formula is C23H24N4O3. The molecular weight excluding hydrogens is 380 g/mol. The van der Waals surface area contributed by atoms with Crippen LogP contribution in [0, 0.1) is 0 Å². The second kappa shape index (κ2) is 8.12. The predicted octanol–water partition coefficient (Wildman–Crippen LogP) is 3.12. The van der Waals surface area contributed by atoms with Crippen LogP contribution in [0.25, 0.3) is 10.9 Å². The number of aromatic nitrogens is 1. The number of nitrogens with zero attached hydrogens (tertiary/aromatic N) is 2. The molecule has 0 fully saturated rings. The Morgan fingerprint density at radius 3 is 2.53 bits per heavy atom. The molecule has 0 saturated carbocycles. The van der Waals surface area contributed by atoms with E-state index in [0.29, 0.717) is 16.8 Å². The van der Waals surface area contributed by atoms with Gasteiger partial charge < -0.3 is 14.8 Å². The monoisotopic (exact) mass is 404 g/mol. The smallest absolute Gasteiger partial charge is 0.258 e. The van der Waals surface area contributed by atoms with Gasteiger partial charge in [-0.3, -0.25) is 19.7 Å². The van der Waals surface area contributed by atoms with Crippen molar-refractivity contribution in [3.05, 3.63) is 65.4 Å². The first-order valence-electron chi connectivity index (χ1n) is 10.1. The SMILES string of the molecule is CCN(CC)CCn1ccc2cc(NC(=O)c3ccc4c(c3)C(=O)NC4=O)ccc21. The molecule has 7 heteroatoms. The van der Waals surface area contributed by atoms with E-state index >= 15 is 0 Å². The number of nitrogens with one attached hydrogen (secondary N) is 2. The predicted molar refractivity (Wildman–Crippen MR) is 116 cm³/mol. The van der Waals surface area contributed by atoms with E-state index in [1.54, 1.807) is 6.07 Å². The van der Waals surface area contributed by atoms with Crippen molar-refractivity contribution < 1.29 is 14.4 Å². The number of benzene rings is 2. The van der Waals surface area contributed by atoms with Crippen molar-refractivity contribution >= 4 is 34.3 Å². The Labute approximate surface area is 174 Å². The molecule has 0 bridgehead atoms. The summed E-state index contributed by atoms with van der Waals surface area (Å²) in [6, 6.07) is 12.4. The maximum Gasteiger partial charge on any atom is 0.258 e. The highest BCUT2D eigenvalue weighted by atomic mass is 16.2. The van der Waals surface area contributed by atoms with E-state index < -0.39 is 11.8 Å². The second-order valence-electron chi connectivity index (χ2n) is 7.31. The fraction of sp³-hybridized carbons (Fsp3) is 0.261. The van der Waals surface area contributed by atoms with Gasteiger partial charge in [-0.2, -0.15) is 0 Å². The molecule has 0 aliphatic carbocycles. The molecule has 3 aromatic rings. The number of fused-ring (bicyclic) bond motifs is 2. The Balaban J connectivity index is 1.49. The maximum absolute atomic E-state index is 12.6. The average Bonchev–Trinajstić information content (AvgIpc) is 3.28. The van der Waals surface area contributed by atoms with Gasteiger partial charge in [0, 0.05) is 41.4 Å². The van der Waals surface area contributed by atoms with Crippen LogP contribution in [-0.4, -0.2) is 46.8 Å². The van der Waals surface area contributed by atoms with Gasteiger partial charge in [-0.05, 0) is 55.6 Å². The normalized spacial score (nSPS) is 13.0. The van der Waals surface area contributed by atoms with Crippen molar-refractivity contribution in [2.75, 3.05) is 25.0 Å². The second-order valence-corrected chi connectivity index (χ2v) is 7.31.